The van der Waals surface area contributed by atoms with Gasteiger partial charge in [-0.05, 0) is 124 Å². The van der Waals surface area contributed by atoms with Crippen molar-refractivity contribution in [2.45, 2.75) is 31.6 Å². The Kier molecular flexibility index (Phi) is 8.08. The molecule has 0 N–H and O–H groups in total. The number of fused-ring (bicyclic) bond motifs is 12. The van der Waals surface area contributed by atoms with Crippen LogP contribution in [-0.2, 0) is 10.8 Å². The molecule has 0 saturated carbocycles. The number of benzene rings is 10. The van der Waals surface area contributed by atoms with Crippen molar-refractivity contribution in [1.29, 1.82) is 0 Å². The van der Waals surface area contributed by atoms with Gasteiger partial charge >= 0.3 is 0 Å². The zero-order chi connectivity index (χ0) is 41.6. The smallest absolute Gasteiger partial charge is 0.0725 e. The van der Waals surface area contributed by atoms with Gasteiger partial charge in [0.1, 0.15) is 0 Å². The van der Waals surface area contributed by atoms with Gasteiger partial charge < -0.3 is 4.90 Å². The monoisotopic (exact) mass is 791 g/mol. The summed E-state index contributed by atoms with van der Waals surface area (Å²) in [6.45, 7) is 6.81. The van der Waals surface area contributed by atoms with Crippen molar-refractivity contribution in [3.63, 3.8) is 0 Å². The minimum absolute atomic E-state index is 0.102. The molecular formula is C61H45N. The molecule has 0 saturated heterocycles. The molecule has 62 heavy (non-hydrogen) atoms. The molecule has 2 aliphatic carbocycles. The van der Waals surface area contributed by atoms with Crippen LogP contribution in [0.1, 0.15) is 48.6 Å². The van der Waals surface area contributed by atoms with E-state index in [0.29, 0.717) is 0 Å². The Morgan fingerprint density at radius 2 is 0.823 bits per heavy atom. The maximum absolute atomic E-state index is 2.50. The van der Waals surface area contributed by atoms with Crippen molar-refractivity contribution in [3.8, 4) is 44.5 Å². The molecular weight excluding hydrogens is 747 g/mol. The fourth-order valence-electron chi connectivity index (χ4n) is 10.8. The first-order valence-electron chi connectivity index (χ1n) is 21.8. The molecule has 1 nitrogen and oxygen atoms in total. The molecule has 0 amide bonds. The summed E-state index contributed by atoms with van der Waals surface area (Å²) in [5.74, 6) is 0. The standard InChI is InChI=1S/C61H45N/c1-60(2,3)44-32-27-40(28-33-44)41-29-34-45(35-30-41)62(58-38-31-43-16-5-7-19-48(43)59(58)52-23-14-17-42-15-4-6-18-47(42)52)46-36-37-57-53(39-46)51-22-10-13-26-56(51)61(57)54-24-11-8-20-49(54)50-21-9-12-25-55(50)61/h4-39H,1-3H3. The normalized spacial score (nSPS) is 13.2. The minimum atomic E-state index is -0.399. The molecule has 12 rings (SSSR count). The molecule has 0 heterocycles. The number of rotatable bonds is 5. The van der Waals surface area contributed by atoms with E-state index in [-0.39, 0.29) is 5.41 Å². The molecule has 0 atom stereocenters. The summed E-state index contributed by atoms with van der Waals surface area (Å²) < 4.78 is 0. The summed E-state index contributed by atoms with van der Waals surface area (Å²) in [4.78, 5) is 2.50. The summed E-state index contributed by atoms with van der Waals surface area (Å²) in [5.41, 5.74) is 19.9. The third kappa shape index (κ3) is 5.34. The van der Waals surface area contributed by atoms with Crippen LogP contribution >= 0.6 is 0 Å². The lowest BCUT2D eigenvalue weighted by atomic mass is 9.70. The van der Waals surface area contributed by atoms with E-state index in [4.69, 9.17) is 0 Å². The summed E-state index contributed by atoms with van der Waals surface area (Å²) in [7, 11) is 0. The summed E-state index contributed by atoms with van der Waals surface area (Å²) in [6.07, 6.45) is 0. The van der Waals surface area contributed by atoms with Gasteiger partial charge in [-0.3, -0.25) is 0 Å². The Morgan fingerprint density at radius 3 is 1.45 bits per heavy atom. The first kappa shape index (κ1) is 36.4. The van der Waals surface area contributed by atoms with E-state index in [9.17, 15) is 0 Å². The van der Waals surface area contributed by atoms with Crippen molar-refractivity contribution in [2.75, 3.05) is 4.90 Å². The second kappa shape index (κ2) is 13.8. The highest BCUT2D eigenvalue weighted by Crippen LogP contribution is 2.63. The SMILES string of the molecule is CC(C)(C)c1ccc(-c2ccc(N(c3ccc4c(c3)-c3ccccc3C43c4ccccc4-c4ccccc43)c3ccc4ccccc4c3-c3cccc4ccccc34)cc2)cc1. The third-order valence-electron chi connectivity index (χ3n) is 13.7. The average Bonchev–Trinajstić information content (AvgIpc) is 3.78. The quantitative estimate of drug-likeness (QED) is 0.168. The fraction of sp³-hybridized carbons (Fsp3) is 0.0820. The summed E-state index contributed by atoms with van der Waals surface area (Å²) >= 11 is 0. The molecule has 0 radical (unpaired) electrons. The van der Waals surface area contributed by atoms with Gasteiger partial charge in [-0.15, -0.1) is 0 Å². The lowest BCUT2D eigenvalue weighted by Gasteiger charge is -2.32. The zero-order valence-electron chi connectivity index (χ0n) is 35.2. The average molecular weight is 792 g/mol. The Labute approximate surface area is 364 Å². The number of hydrogen-bond donors (Lipinski definition) is 0. The van der Waals surface area contributed by atoms with Gasteiger partial charge in [-0.1, -0.05) is 209 Å². The molecule has 2 aliphatic rings. The predicted molar refractivity (Wildman–Crippen MR) is 262 cm³/mol. The van der Waals surface area contributed by atoms with Crippen LogP contribution < -0.4 is 4.90 Å². The molecule has 10 aromatic carbocycles. The van der Waals surface area contributed by atoms with Gasteiger partial charge in [-0.25, -0.2) is 0 Å². The molecule has 294 valence electrons. The topological polar surface area (TPSA) is 3.24 Å². The van der Waals surface area contributed by atoms with Crippen LogP contribution in [0.4, 0.5) is 17.1 Å². The molecule has 0 aliphatic heterocycles. The van der Waals surface area contributed by atoms with Crippen LogP contribution in [0.3, 0.4) is 0 Å². The lowest BCUT2D eigenvalue weighted by molar-refractivity contribution is 0.590. The van der Waals surface area contributed by atoms with Crippen molar-refractivity contribution in [2.24, 2.45) is 0 Å². The van der Waals surface area contributed by atoms with Crippen molar-refractivity contribution < 1.29 is 0 Å². The molecule has 0 bridgehead atoms. The van der Waals surface area contributed by atoms with Gasteiger partial charge in [0, 0.05) is 16.9 Å². The van der Waals surface area contributed by atoms with E-state index >= 15 is 0 Å². The van der Waals surface area contributed by atoms with Crippen LogP contribution in [0.15, 0.2) is 218 Å². The minimum Gasteiger partial charge on any atom is -0.310 e. The zero-order valence-corrected chi connectivity index (χ0v) is 35.2. The highest BCUT2D eigenvalue weighted by Gasteiger charge is 2.51. The molecule has 1 spiro atoms. The van der Waals surface area contributed by atoms with Crippen LogP contribution in [0.2, 0.25) is 0 Å². The van der Waals surface area contributed by atoms with Gasteiger partial charge in [0.05, 0.1) is 11.1 Å². The number of nitrogens with zero attached hydrogens (tertiary/aromatic N) is 1. The van der Waals surface area contributed by atoms with E-state index in [1.165, 1.54) is 93.9 Å². The summed E-state index contributed by atoms with van der Waals surface area (Å²) in [6, 6.07) is 81.7. The maximum Gasteiger partial charge on any atom is 0.0725 e. The van der Waals surface area contributed by atoms with E-state index in [2.05, 4.69) is 244 Å². The predicted octanol–water partition coefficient (Wildman–Crippen LogP) is 16.4. The molecule has 0 aromatic heterocycles. The van der Waals surface area contributed by atoms with Gasteiger partial charge in [0.2, 0.25) is 0 Å². The van der Waals surface area contributed by atoms with E-state index in [0.717, 1.165) is 17.1 Å². The van der Waals surface area contributed by atoms with Crippen LogP contribution in [0.5, 0.6) is 0 Å². The molecule has 0 unspecified atom stereocenters. The van der Waals surface area contributed by atoms with Crippen LogP contribution in [0, 0.1) is 0 Å². The van der Waals surface area contributed by atoms with Crippen LogP contribution in [-0.4, -0.2) is 0 Å². The van der Waals surface area contributed by atoms with E-state index in [1.807, 2.05) is 0 Å². The highest BCUT2D eigenvalue weighted by atomic mass is 15.1. The Morgan fingerprint density at radius 1 is 0.355 bits per heavy atom. The maximum atomic E-state index is 2.50. The molecule has 1 heteroatoms. The van der Waals surface area contributed by atoms with Crippen LogP contribution in [0.25, 0.3) is 66.1 Å². The van der Waals surface area contributed by atoms with Crippen molar-refractivity contribution >= 4 is 38.6 Å². The van der Waals surface area contributed by atoms with Gasteiger partial charge in [0.25, 0.3) is 0 Å². The van der Waals surface area contributed by atoms with E-state index < -0.39 is 5.41 Å². The first-order valence-corrected chi connectivity index (χ1v) is 21.8. The summed E-state index contributed by atoms with van der Waals surface area (Å²) in [5, 5.41) is 4.92. The number of anilines is 3. The van der Waals surface area contributed by atoms with Crippen molar-refractivity contribution in [3.05, 3.63) is 246 Å². The van der Waals surface area contributed by atoms with Crippen molar-refractivity contribution in [1.82, 2.24) is 0 Å². The third-order valence-corrected chi connectivity index (χ3v) is 13.7. The first-order chi connectivity index (χ1) is 30.4. The van der Waals surface area contributed by atoms with Gasteiger partial charge in [-0.2, -0.15) is 0 Å². The number of hydrogen-bond acceptors (Lipinski definition) is 1. The largest absolute Gasteiger partial charge is 0.310 e. The lowest BCUT2D eigenvalue weighted by Crippen LogP contribution is -2.25. The van der Waals surface area contributed by atoms with Gasteiger partial charge in [0.15, 0.2) is 0 Å². The second-order valence-electron chi connectivity index (χ2n) is 18.0. The second-order valence-corrected chi connectivity index (χ2v) is 18.0. The Bertz CT molecular complexity index is 3330. The Hall–Kier alpha value is -7.48. The Balaban J connectivity index is 1.11. The molecule has 0 fully saturated rings. The fourth-order valence-corrected chi connectivity index (χ4v) is 10.8. The van der Waals surface area contributed by atoms with E-state index in [1.54, 1.807) is 0 Å². The highest BCUT2D eigenvalue weighted by molar-refractivity contribution is 6.11. The molecule has 10 aromatic rings.